The van der Waals surface area contributed by atoms with Crippen LogP contribution >= 0.6 is 22.9 Å². The Morgan fingerprint density at radius 1 is 1.50 bits per heavy atom. The molecule has 0 spiro atoms. The average Bonchev–Trinajstić information content (AvgIpc) is 2.70. The Hall–Kier alpha value is -1.26. The number of thiazole rings is 1. The highest BCUT2D eigenvalue weighted by Crippen LogP contribution is 2.21. The molecule has 0 amide bonds. The number of aromatic nitrogens is 1. The zero-order chi connectivity index (χ0) is 11.5. The fourth-order valence-electron chi connectivity index (χ4n) is 1.34. The summed E-state index contributed by atoms with van der Waals surface area (Å²) in [6.45, 7) is 0. The molecule has 0 atom stereocenters. The van der Waals surface area contributed by atoms with Gasteiger partial charge in [-0.15, -0.1) is 11.3 Å². The van der Waals surface area contributed by atoms with E-state index in [0.29, 0.717) is 0 Å². The maximum atomic E-state index is 13.4. The van der Waals surface area contributed by atoms with Crippen LogP contribution in [0, 0.1) is 5.82 Å². The van der Waals surface area contributed by atoms with Crippen molar-refractivity contribution in [2.24, 2.45) is 0 Å². The number of halogens is 2. The van der Waals surface area contributed by atoms with Crippen LogP contribution in [0.3, 0.4) is 0 Å². The summed E-state index contributed by atoms with van der Waals surface area (Å²) in [5.41, 5.74) is 1.59. The maximum Gasteiger partial charge on any atom is 0.172 e. The zero-order valence-electron chi connectivity index (χ0n) is 8.11. The van der Waals surface area contributed by atoms with E-state index in [0.717, 1.165) is 4.88 Å². The van der Waals surface area contributed by atoms with E-state index >= 15 is 0 Å². The zero-order valence-corrected chi connectivity index (χ0v) is 9.69. The monoisotopic (exact) mass is 255 g/mol. The van der Waals surface area contributed by atoms with Crippen molar-refractivity contribution in [3.8, 4) is 0 Å². The highest BCUT2D eigenvalue weighted by molar-refractivity contribution is 7.09. The van der Waals surface area contributed by atoms with Gasteiger partial charge in [0.1, 0.15) is 5.82 Å². The summed E-state index contributed by atoms with van der Waals surface area (Å²) < 4.78 is 13.4. The second-order valence-corrected chi connectivity index (χ2v) is 4.54. The summed E-state index contributed by atoms with van der Waals surface area (Å²) in [5, 5.41) is 0.148. The van der Waals surface area contributed by atoms with Gasteiger partial charge in [0.15, 0.2) is 5.78 Å². The fraction of sp³-hybridized carbons (Fsp3) is 0.0909. The number of hydrogen-bond donors (Lipinski definition) is 0. The van der Waals surface area contributed by atoms with Crippen LogP contribution < -0.4 is 0 Å². The maximum absolute atomic E-state index is 13.4. The molecule has 82 valence electrons. The van der Waals surface area contributed by atoms with E-state index in [1.165, 1.54) is 29.5 Å². The lowest BCUT2D eigenvalue weighted by Crippen LogP contribution is -2.06. The van der Waals surface area contributed by atoms with Crippen LogP contribution in [-0.2, 0) is 6.42 Å². The molecule has 2 nitrogen and oxygen atoms in total. The van der Waals surface area contributed by atoms with Crippen molar-refractivity contribution >= 4 is 28.7 Å². The van der Waals surface area contributed by atoms with Gasteiger partial charge in [-0.2, -0.15) is 0 Å². The predicted molar refractivity (Wildman–Crippen MR) is 61.6 cm³/mol. The van der Waals surface area contributed by atoms with Gasteiger partial charge in [-0.1, -0.05) is 17.7 Å². The van der Waals surface area contributed by atoms with Gasteiger partial charge in [0.2, 0.25) is 0 Å². The predicted octanol–water partition coefficient (Wildman–Crippen LogP) is 3.36. The molecule has 1 aromatic carbocycles. The minimum Gasteiger partial charge on any atom is -0.294 e. The van der Waals surface area contributed by atoms with Gasteiger partial charge in [0, 0.05) is 17.5 Å². The number of rotatable bonds is 3. The highest BCUT2D eigenvalue weighted by Gasteiger charge is 2.16. The number of carbonyl (C=O) groups excluding carboxylic acids is 1. The standard InChI is InChI=1S/C11H7ClFNOS/c12-8-2-1-3-9(13)11(8)10(15)4-7-5-14-6-16-7/h1-3,5-6H,4H2. The Labute approximate surface area is 101 Å². The summed E-state index contributed by atoms with van der Waals surface area (Å²) in [6, 6.07) is 4.21. The average molecular weight is 256 g/mol. The molecule has 0 unspecified atom stereocenters. The van der Waals surface area contributed by atoms with E-state index in [9.17, 15) is 9.18 Å². The third kappa shape index (κ3) is 2.28. The van der Waals surface area contributed by atoms with Gasteiger partial charge < -0.3 is 0 Å². The van der Waals surface area contributed by atoms with E-state index in [-0.39, 0.29) is 22.8 Å². The Morgan fingerprint density at radius 3 is 2.94 bits per heavy atom. The van der Waals surface area contributed by atoms with Crippen molar-refractivity contribution in [1.29, 1.82) is 0 Å². The minimum atomic E-state index is -0.581. The molecule has 1 aromatic heterocycles. The number of nitrogens with zero attached hydrogens (tertiary/aromatic N) is 1. The molecule has 0 aliphatic carbocycles. The summed E-state index contributed by atoms with van der Waals surface area (Å²) >= 11 is 7.15. The molecule has 16 heavy (non-hydrogen) atoms. The third-order valence-corrected chi connectivity index (χ3v) is 3.15. The van der Waals surface area contributed by atoms with Gasteiger partial charge in [-0.25, -0.2) is 4.39 Å². The quantitative estimate of drug-likeness (QED) is 0.787. The van der Waals surface area contributed by atoms with E-state index in [4.69, 9.17) is 11.6 Å². The molecule has 2 aromatic rings. The molecule has 0 saturated carbocycles. The SMILES string of the molecule is O=C(Cc1cncs1)c1c(F)cccc1Cl. The van der Waals surface area contributed by atoms with Crippen molar-refractivity contribution in [2.45, 2.75) is 6.42 Å². The van der Waals surface area contributed by atoms with Crippen LogP contribution in [0.1, 0.15) is 15.2 Å². The Kier molecular flexibility index (Phi) is 3.31. The van der Waals surface area contributed by atoms with Gasteiger partial charge in [0.25, 0.3) is 0 Å². The number of benzene rings is 1. The van der Waals surface area contributed by atoms with Gasteiger partial charge in [-0.05, 0) is 12.1 Å². The molecule has 0 bridgehead atoms. The van der Waals surface area contributed by atoms with E-state index in [1.54, 1.807) is 11.7 Å². The molecule has 1 heterocycles. The van der Waals surface area contributed by atoms with Crippen LogP contribution in [0.25, 0.3) is 0 Å². The van der Waals surface area contributed by atoms with Crippen molar-refractivity contribution in [1.82, 2.24) is 4.98 Å². The molecule has 0 radical (unpaired) electrons. The summed E-state index contributed by atoms with van der Waals surface area (Å²) in [5.74, 6) is -0.908. The van der Waals surface area contributed by atoms with Crippen LogP contribution in [0.15, 0.2) is 29.9 Å². The van der Waals surface area contributed by atoms with Gasteiger partial charge in [-0.3, -0.25) is 9.78 Å². The largest absolute Gasteiger partial charge is 0.294 e. The third-order valence-electron chi connectivity index (χ3n) is 2.06. The van der Waals surface area contributed by atoms with Crippen molar-refractivity contribution in [3.05, 3.63) is 51.2 Å². The van der Waals surface area contributed by atoms with Crippen LogP contribution in [0.5, 0.6) is 0 Å². The summed E-state index contributed by atoms with van der Waals surface area (Å²) in [4.78, 5) is 16.5. The number of hydrogen-bond acceptors (Lipinski definition) is 3. The first kappa shape index (κ1) is 11.2. The number of Topliss-reactive ketones (excluding diaryl/α,β-unsaturated/α-hetero) is 1. The molecule has 0 aliphatic rings. The summed E-state index contributed by atoms with van der Waals surface area (Å²) in [7, 11) is 0. The van der Waals surface area contributed by atoms with Crippen LogP contribution in [0.2, 0.25) is 5.02 Å². The molecule has 0 saturated heterocycles. The van der Waals surface area contributed by atoms with Crippen molar-refractivity contribution in [3.63, 3.8) is 0 Å². The molecule has 0 N–H and O–H groups in total. The first-order valence-corrected chi connectivity index (χ1v) is 5.79. The van der Waals surface area contributed by atoms with Crippen molar-refractivity contribution < 1.29 is 9.18 Å². The van der Waals surface area contributed by atoms with Crippen molar-refractivity contribution in [2.75, 3.05) is 0 Å². The van der Waals surface area contributed by atoms with Gasteiger partial charge >= 0.3 is 0 Å². The molecule has 2 rings (SSSR count). The highest BCUT2D eigenvalue weighted by atomic mass is 35.5. The smallest absolute Gasteiger partial charge is 0.172 e. The molecular weight excluding hydrogens is 249 g/mol. The summed E-state index contributed by atoms with van der Waals surface area (Å²) in [6.07, 6.45) is 1.72. The van der Waals surface area contributed by atoms with Crippen LogP contribution in [-0.4, -0.2) is 10.8 Å². The van der Waals surface area contributed by atoms with Gasteiger partial charge in [0.05, 0.1) is 16.1 Å². The lowest BCUT2D eigenvalue weighted by atomic mass is 10.1. The number of carbonyl (C=O) groups is 1. The Balaban J connectivity index is 2.28. The molecule has 5 heteroatoms. The first-order chi connectivity index (χ1) is 7.68. The van der Waals surface area contributed by atoms with E-state index in [1.807, 2.05) is 0 Å². The Bertz CT molecular complexity index is 492. The first-order valence-electron chi connectivity index (χ1n) is 4.53. The second-order valence-electron chi connectivity index (χ2n) is 3.16. The molecular formula is C11H7ClFNOS. The Morgan fingerprint density at radius 2 is 2.31 bits per heavy atom. The normalized spacial score (nSPS) is 10.4. The fourth-order valence-corrected chi connectivity index (χ4v) is 2.20. The minimum absolute atomic E-state index is 0.0439. The molecule has 0 aliphatic heterocycles. The number of ketones is 1. The second kappa shape index (κ2) is 4.72. The van der Waals surface area contributed by atoms with E-state index < -0.39 is 5.82 Å². The topological polar surface area (TPSA) is 30.0 Å². The van der Waals surface area contributed by atoms with E-state index in [2.05, 4.69) is 4.98 Å². The lowest BCUT2D eigenvalue weighted by Gasteiger charge is -2.03. The lowest BCUT2D eigenvalue weighted by molar-refractivity contribution is 0.0990. The van der Waals surface area contributed by atoms with Crippen LogP contribution in [0.4, 0.5) is 4.39 Å². The molecule has 0 fully saturated rings.